The second-order valence-corrected chi connectivity index (χ2v) is 7.52. The van der Waals surface area contributed by atoms with Gasteiger partial charge in [0.1, 0.15) is 0 Å². The molecule has 2 saturated carbocycles. The monoisotopic (exact) mass is 280 g/mol. The molecule has 3 N–H and O–H groups in total. The minimum absolute atomic E-state index is 0.114. The van der Waals surface area contributed by atoms with E-state index >= 15 is 0 Å². The number of primary amides is 1. The topological polar surface area (TPSA) is 55.1 Å². The third-order valence-electron chi connectivity index (χ3n) is 5.22. The molecule has 2 aliphatic rings. The van der Waals surface area contributed by atoms with E-state index in [9.17, 15) is 4.79 Å². The van der Waals surface area contributed by atoms with Crippen molar-refractivity contribution in [3.63, 3.8) is 0 Å². The summed E-state index contributed by atoms with van der Waals surface area (Å²) in [7, 11) is 0. The quantitative estimate of drug-likeness (QED) is 0.811. The number of hydrogen-bond acceptors (Lipinski definition) is 2. The van der Waals surface area contributed by atoms with Gasteiger partial charge in [-0.25, -0.2) is 0 Å². The van der Waals surface area contributed by atoms with E-state index in [1.165, 1.54) is 44.9 Å². The Morgan fingerprint density at radius 3 is 2.50 bits per heavy atom. The highest BCUT2D eigenvalue weighted by Gasteiger charge is 2.42. The molecule has 0 bridgehead atoms. The Kier molecular flexibility index (Phi) is 5.48. The van der Waals surface area contributed by atoms with Crippen molar-refractivity contribution in [1.29, 1.82) is 0 Å². The third kappa shape index (κ3) is 3.97. The Bertz CT molecular complexity index is 323. The molecule has 0 aromatic carbocycles. The van der Waals surface area contributed by atoms with E-state index < -0.39 is 5.54 Å². The van der Waals surface area contributed by atoms with Crippen LogP contribution < -0.4 is 11.1 Å². The van der Waals surface area contributed by atoms with Crippen LogP contribution in [-0.4, -0.2) is 17.5 Å². The molecule has 2 rings (SSSR count). The summed E-state index contributed by atoms with van der Waals surface area (Å²) in [4.78, 5) is 12.1. The lowest BCUT2D eigenvalue weighted by Gasteiger charge is -2.43. The molecule has 0 radical (unpaired) electrons. The molecule has 2 fully saturated rings. The summed E-state index contributed by atoms with van der Waals surface area (Å²) in [5.74, 6) is 1.25. The lowest BCUT2D eigenvalue weighted by atomic mass is 9.72. The van der Waals surface area contributed by atoms with Gasteiger partial charge in [-0.15, -0.1) is 0 Å². The van der Waals surface area contributed by atoms with Gasteiger partial charge in [-0.05, 0) is 43.9 Å². The molecule has 3 heteroatoms. The van der Waals surface area contributed by atoms with Crippen molar-refractivity contribution in [3.05, 3.63) is 0 Å². The molecule has 0 spiro atoms. The maximum atomic E-state index is 12.1. The standard InChI is InChI=1S/C17H32N2O/c1-13(2)11-14-7-6-10-17(12-14,16(18)20)19-15-8-4-3-5-9-15/h13-15,19H,3-12H2,1-2H3,(H2,18,20). The number of nitrogens with one attached hydrogen (secondary N) is 1. The molecule has 3 nitrogen and oxygen atoms in total. The molecule has 0 aromatic rings. The zero-order chi connectivity index (χ0) is 14.6. The summed E-state index contributed by atoms with van der Waals surface area (Å²) in [6.45, 7) is 4.55. The molecule has 2 unspecified atom stereocenters. The zero-order valence-corrected chi connectivity index (χ0v) is 13.3. The average molecular weight is 280 g/mol. The molecule has 20 heavy (non-hydrogen) atoms. The molecule has 0 aliphatic heterocycles. The van der Waals surface area contributed by atoms with Crippen LogP contribution in [0.15, 0.2) is 0 Å². The van der Waals surface area contributed by atoms with E-state index in [4.69, 9.17) is 5.73 Å². The normalized spacial score (nSPS) is 32.5. The Labute approximate surface area is 124 Å². The fraction of sp³-hybridized carbons (Fsp3) is 0.941. The van der Waals surface area contributed by atoms with Crippen LogP contribution in [0.1, 0.15) is 78.1 Å². The summed E-state index contributed by atoms with van der Waals surface area (Å²) in [5, 5.41) is 3.70. The summed E-state index contributed by atoms with van der Waals surface area (Å²) in [6, 6.07) is 0.508. The number of carbonyl (C=O) groups is 1. The van der Waals surface area contributed by atoms with Crippen LogP contribution >= 0.6 is 0 Å². The number of amides is 1. The Morgan fingerprint density at radius 2 is 1.90 bits per heavy atom. The van der Waals surface area contributed by atoms with Gasteiger partial charge in [-0.3, -0.25) is 4.79 Å². The van der Waals surface area contributed by atoms with Crippen LogP contribution in [0.3, 0.4) is 0 Å². The predicted molar refractivity (Wildman–Crippen MR) is 83.3 cm³/mol. The lowest BCUT2D eigenvalue weighted by molar-refractivity contribution is -0.127. The fourth-order valence-corrected chi connectivity index (χ4v) is 4.32. The van der Waals surface area contributed by atoms with Crippen LogP contribution in [0.2, 0.25) is 0 Å². The number of hydrogen-bond donors (Lipinski definition) is 2. The van der Waals surface area contributed by atoms with Crippen molar-refractivity contribution in [2.45, 2.75) is 89.6 Å². The Morgan fingerprint density at radius 1 is 1.20 bits per heavy atom. The molecule has 0 aromatic heterocycles. The van der Waals surface area contributed by atoms with Gasteiger partial charge in [0, 0.05) is 6.04 Å². The van der Waals surface area contributed by atoms with Gasteiger partial charge in [0.2, 0.25) is 5.91 Å². The van der Waals surface area contributed by atoms with Crippen molar-refractivity contribution in [2.24, 2.45) is 17.6 Å². The summed E-state index contributed by atoms with van der Waals surface area (Å²) < 4.78 is 0. The third-order valence-corrected chi connectivity index (χ3v) is 5.22. The van der Waals surface area contributed by atoms with Crippen molar-refractivity contribution >= 4 is 5.91 Å². The SMILES string of the molecule is CC(C)CC1CCCC(NC2CCCCC2)(C(N)=O)C1. The fourth-order valence-electron chi connectivity index (χ4n) is 4.32. The number of rotatable bonds is 5. The van der Waals surface area contributed by atoms with Crippen LogP contribution in [-0.2, 0) is 4.79 Å². The first kappa shape index (κ1) is 15.8. The highest BCUT2D eigenvalue weighted by Crippen LogP contribution is 2.37. The summed E-state index contributed by atoms with van der Waals surface area (Å²) >= 11 is 0. The van der Waals surface area contributed by atoms with Gasteiger partial charge in [-0.1, -0.05) is 46.0 Å². The second kappa shape index (κ2) is 6.93. The molecular weight excluding hydrogens is 248 g/mol. The van der Waals surface area contributed by atoms with E-state index in [-0.39, 0.29) is 5.91 Å². The smallest absolute Gasteiger partial charge is 0.237 e. The molecule has 0 heterocycles. The van der Waals surface area contributed by atoms with E-state index in [2.05, 4.69) is 19.2 Å². The van der Waals surface area contributed by atoms with Crippen molar-refractivity contribution < 1.29 is 4.79 Å². The molecule has 2 atom stereocenters. The second-order valence-electron chi connectivity index (χ2n) is 7.52. The Balaban J connectivity index is 2.02. The molecule has 116 valence electrons. The van der Waals surface area contributed by atoms with Gasteiger partial charge >= 0.3 is 0 Å². The minimum Gasteiger partial charge on any atom is -0.368 e. The zero-order valence-electron chi connectivity index (χ0n) is 13.3. The average Bonchev–Trinajstić information content (AvgIpc) is 2.39. The molecular formula is C17H32N2O. The van der Waals surface area contributed by atoms with E-state index in [1.807, 2.05) is 0 Å². The largest absolute Gasteiger partial charge is 0.368 e. The predicted octanol–water partition coefficient (Wildman–Crippen LogP) is 3.37. The molecule has 2 aliphatic carbocycles. The molecule has 0 saturated heterocycles. The summed E-state index contributed by atoms with van der Waals surface area (Å²) in [5.41, 5.74) is 5.39. The minimum atomic E-state index is -0.417. The maximum Gasteiger partial charge on any atom is 0.237 e. The summed E-state index contributed by atoms with van der Waals surface area (Å²) in [6.07, 6.45) is 11.9. The maximum absolute atomic E-state index is 12.1. The first-order valence-corrected chi connectivity index (χ1v) is 8.59. The number of nitrogens with two attached hydrogens (primary N) is 1. The van der Waals surface area contributed by atoms with Crippen molar-refractivity contribution in [1.82, 2.24) is 5.32 Å². The van der Waals surface area contributed by atoms with Gasteiger partial charge in [0.25, 0.3) is 0 Å². The van der Waals surface area contributed by atoms with Crippen LogP contribution in [0.5, 0.6) is 0 Å². The van der Waals surface area contributed by atoms with Crippen LogP contribution in [0.25, 0.3) is 0 Å². The highest BCUT2D eigenvalue weighted by atomic mass is 16.1. The first-order valence-electron chi connectivity index (χ1n) is 8.59. The van der Waals surface area contributed by atoms with Gasteiger partial charge in [-0.2, -0.15) is 0 Å². The number of carbonyl (C=O) groups excluding carboxylic acids is 1. The van der Waals surface area contributed by atoms with E-state index in [0.29, 0.717) is 17.9 Å². The van der Waals surface area contributed by atoms with Gasteiger partial charge < -0.3 is 11.1 Å². The highest BCUT2D eigenvalue weighted by molar-refractivity contribution is 5.84. The lowest BCUT2D eigenvalue weighted by Crippen LogP contribution is -2.61. The first-order chi connectivity index (χ1) is 9.52. The molecule has 1 amide bonds. The van der Waals surface area contributed by atoms with E-state index in [0.717, 1.165) is 19.3 Å². The van der Waals surface area contributed by atoms with Gasteiger partial charge in [0.15, 0.2) is 0 Å². The van der Waals surface area contributed by atoms with E-state index in [1.54, 1.807) is 0 Å². The van der Waals surface area contributed by atoms with Crippen LogP contribution in [0, 0.1) is 11.8 Å². The van der Waals surface area contributed by atoms with Crippen molar-refractivity contribution in [2.75, 3.05) is 0 Å². The Hall–Kier alpha value is -0.570. The van der Waals surface area contributed by atoms with Crippen molar-refractivity contribution in [3.8, 4) is 0 Å². The van der Waals surface area contributed by atoms with Crippen LogP contribution in [0.4, 0.5) is 0 Å². The van der Waals surface area contributed by atoms with Gasteiger partial charge in [0.05, 0.1) is 5.54 Å².